The first-order valence-electron chi connectivity index (χ1n) is 12.5. The largest absolute Gasteiger partial charge is 0.370 e. The fraction of sp³-hybridized carbons (Fsp3) is 0.500. The number of nitro benzene ring substituents is 1. The number of nitrogens with two attached hydrogens (primary N) is 2. The topological polar surface area (TPSA) is 249 Å². The number of carbonyl (C=O) groups is 6. The van der Waals surface area contributed by atoms with Crippen LogP contribution in [0.25, 0.3) is 0 Å². The highest BCUT2D eigenvalue weighted by molar-refractivity contribution is 6.01. The fourth-order valence-corrected chi connectivity index (χ4v) is 4.27. The number of benzene rings is 1. The van der Waals surface area contributed by atoms with Gasteiger partial charge in [-0.15, -0.1) is 0 Å². The maximum Gasteiger partial charge on any atom is 0.292 e. The molecule has 0 unspecified atom stereocenters. The van der Waals surface area contributed by atoms with Crippen molar-refractivity contribution >= 4 is 46.8 Å². The van der Waals surface area contributed by atoms with Crippen LogP contribution in [0, 0.1) is 16.0 Å². The molecule has 3 atom stereocenters. The molecule has 218 valence electrons. The van der Waals surface area contributed by atoms with Crippen LogP contribution >= 0.6 is 0 Å². The van der Waals surface area contributed by atoms with Gasteiger partial charge in [0.05, 0.1) is 4.92 Å². The van der Waals surface area contributed by atoms with Crippen molar-refractivity contribution in [3.8, 4) is 0 Å². The molecule has 8 N–H and O–H groups in total. The zero-order valence-electron chi connectivity index (χ0n) is 22.4. The number of carbonyl (C=O) groups excluding carboxylic acids is 6. The number of primary amides is 1. The summed E-state index contributed by atoms with van der Waals surface area (Å²) in [6.07, 6.45) is 0.484. The number of hydrogen-bond acceptors (Lipinski definition) is 9. The third-order valence-electron chi connectivity index (χ3n) is 6.27. The van der Waals surface area contributed by atoms with E-state index in [1.54, 1.807) is 13.8 Å². The second kappa shape index (κ2) is 14.0. The van der Waals surface area contributed by atoms with E-state index in [2.05, 4.69) is 16.0 Å². The Morgan fingerprint density at radius 2 is 1.80 bits per heavy atom. The molecule has 16 heteroatoms. The summed E-state index contributed by atoms with van der Waals surface area (Å²) in [5, 5.41) is 18.7. The van der Waals surface area contributed by atoms with Crippen LogP contribution in [0.2, 0.25) is 0 Å². The lowest BCUT2D eigenvalue weighted by atomic mass is 10.0. The predicted octanol–water partition coefficient (Wildman–Crippen LogP) is -0.961. The maximum atomic E-state index is 13.3. The molecule has 0 saturated carbocycles. The summed E-state index contributed by atoms with van der Waals surface area (Å²) >= 11 is 0. The lowest BCUT2D eigenvalue weighted by Crippen LogP contribution is -2.58. The molecule has 1 saturated heterocycles. The highest BCUT2D eigenvalue weighted by Crippen LogP contribution is 2.28. The molecule has 1 aliphatic heterocycles. The van der Waals surface area contributed by atoms with Gasteiger partial charge in [0.25, 0.3) is 17.5 Å². The Balaban J connectivity index is 2.21. The van der Waals surface area contributed by atoms with Gasteiger partial charge >= 0.3 is 0 Å². The summed E-state index contributed by atoms with van der Waals surface area (Å²) in [6, 6.07) is 0.283. The van der Waals surface area contributed by atoms with Crippen LogP contribution in [0.5, 0.6) is 0 Å². The van der Waals surface area contributed by atoms with Crippen molar-refractivity contribution in [2.24, 2.45) is 17.5 Å². The molecule has 0 bridgehead atoms. The molecule has 0 aliphatic carbocycles. The van der Waals surface area contributed by atoms with E-state index in [0.29, 0.717) is 12.8 Å². The average molecular weight is 563 g/mol. The summed E-state index contributed by atoms with van der Waals surface area (Å²) < 4.78 is 0. The molecule has 16 nitrogen and oxygen atoms in total. The van der Waals surface area contributed by atoms with Gasteiger partial charge in [-0.1, -0.05) is 13.8 Å². The van der Waals surface area contributed by atoms with Crippen LogP contribution in [0.3, 0.4) is 0 Å². The molecule has 0 radical (unpaired) electrons. The van der Waals surface area contributed by atoms with E-state index in [1.165, 1.54) is 24.0 Å². The zero-order chi connectivity index (χ0) is 30.1. The van der Waals surface area contributed by atoms with Crippen molar-refractivity contribution in [2.75, 3.05) is 11.9 Å². The van der Waals surface area contributed by atoms with Gasteiger partial charge in [0, 0.05) is 31.5 Å². The third-order valence-corrected chi connectivity index (χ3v) is 6.27. The van der Waals surface area contributed by atoms with Crippen molar-refractivity contribution in [1.29, 1.82) is 0 Å². The van der Waals surface area contributed by atoms with Crippen LogP contribution in [0.15, 0.2) is 18.2 Å². The Morgan fingerprint density at radius 1 is 1.12 bits per heavy atom. The van der Waals surface area contributed by atoms with Gasteiger partial charge in [0.15, 0.2) is 0 Å². The summed E-state index contributed by atoms with van der Waals surface area (Å²) in [4.78, 5) is 86.2. The van der Waals surface area contributed by atoms with E-state index in [9.17, 15) is 38.9 Å². The summed E-state index contributed by atoms with van der Waals surface area (Å²) in [5.41, 5.74) is 6.51. The smallest absolute Gasteiger partial charge is 0.292 e. The molecule has 1 fully saturated rings. The predicted molar refractivity (Wildman–Crippen MR) is 141 cm³/mol. The summed E-state index contributed by atoms with van der Waals surface area (Å²) in [5.74, 6) is 0.850. The lowest BCUT2D eigenvalue weighted by molar-refractivity contribution is -0.383. The van der Waals surface area contributed by atoms with Crippen molar-refractivity contribution in [2.45, 2.75) is 64.6 Å². The van der Waals surface area contributed by atoms with Gasteiger partial charge in [-0.2, -0.15) is 0 Å². The van der Waals surface area contributed by atoms with Crippen LogP contribution in [0.4, 0.5) is 11.4 Å². The first kappa shape index (κ1) is 31.6. The van der Waals surface area contributed by atoms with Crippen molar-refractivity contribution in [3.63, 3.8) is 0 Å². The monoisotopic (exact) mass is 562 g/mol. The number of anilines is 1. The van der Waals surface area contributed by atoms with Gasteiger partial charge in [-0.25, -0.2) is 5.84 Å². The molecule has 1 aliphatic rings. The molecule has 40 heavy (non-hydrogen) atoms. The number of nitrogens with zero attached hydrogens (tertiary/aromatic N) is 2. The van der Waals surface area contributed by atoms with E-state index >= 15 is 0 Å². The molecular weight excluding hydrogens is 528 g/mol. The van der Waals surface area contributed by atoms with Crippen molar-refractivity contribution in [1.82, 2.24) is 21.0 Å². The molecule has 1 aromatic rings. The van der Waals surface area contributed by atoms with E-state index in [4.69, 9.17) is 11.6 Å². The quantitative estimate of drug-likeness (QED) is 0.0793. The fourth-order valence-electron chi connectivity index (χ4n) is 4.27. The Labute approximate surface area is 229 Å². The first-order chi connectivity index (χ1) is 18.8. The number of hydrazine groups is 1. The first-order valence-corrected chi connectivity index (χ1v) is 12.5. The molecular formula is C24H34N8O8. The highest BCUT2D eigenvalue weighted by Gasteiger charge is 2.38. The van der Waals surface area contributed by atoms with Crippen molar-refractivity contribution < 1.29 is 33.7 Å². The standard InChI is InChI=1S/C24H34N8O8/c1-12(2)20(23(37)28-15(21(35)30-26)7-9-19(25)34)29-22(36)18-5-4-10-31(18)24(38)14-6-8-17(32(39)40)16(11-14)27-13(3)33/h6,8,11-12,15,18,20H,4-5,7,9-10,26H2,1-3H3,(H2,25,34)(H,27,33)(H,28,37)(H,29,36)(H,30,35)/t15-,18+,20+/m0/s1. The Kier molecular flexibility index (Phi) is 11.0. The van der Waals surface area contributed by atoms with Crippen LogP contribution in [0.1, 0.15) is 56.8 Å². The van der Waals surface area contributed by atoms with Gasteiger partial charge < -0.3 is 26.6 Å². The number of amides is 6. The molecule has 1 heterocycles. The van der Waals surface area contributed by atoms with Crippen LogP contribution in [-0.2, 0) is 24.0 Å². The molecule has 2 rings (SSSR count). The molecule has 1 aromatic carbocycles. The Bertz CT molecular complexity index is 1190. The number of rotatable bonds is 12. The van der Waals surface area contributed by atoms with Crippen LogP contribution < -0.4 is 33.0 Å². The van der Waals surface area contributed by atoms with Gasteiger partial charge in [-0.05, 0) is 37.3 Å². The summed E-state index contributed by atoms with van der Waals surface area (Å²) in [7, 11) is 0. The van der Waals surface area contributed by atoms with E-state index < -0.39 is 70.1 Å². The number of likely N-dealkylation sites (tertiary alicyclic amines) is 1. The van der Waals surface area contributed by atoms with Crippen molar-refractivity contribution in [3.05, 3.63) is 33.9 Å². The number of nitro groups is 1. The van der Waals surface area contributed by atoms with Gasteiger partial charge in [0.2, 0.25) is 23.6 Å². The lowest BCUT2D eigenvalue weighted by Gasteiger charge is -2.29. The minimum absolute atomic E-state index is 0.0253. The maximum absolute atomic E-state index is 13.3. The minimum Gasteiger partial charge on any atom is -0.370 e. The Hall–Kier alpha value is -4.60. The molecule has 0 spiro atoms. The average Bonchev–Trinajstić information content (AvgIpc) is 3.37. The third kappa shape index (κ3) is 8.20. The SMILES string of the molecule is CC(=O)Nc1cc(C(=O)N2CCC[C@@H]2C(=O)N[C@@H](C(=O)N[C@@H](CCC(N)=O)C(=O)NN)C(C)C)ccc1[N+](=O)[O-]. The summed E-state index contributed by atoms with van der Waals surface area (Å²) in [6.45, 7) is 4.73. The number of nitrogens with one attached hydrogen (secondary N) is 4. The highest BCUT2D eigenvalue weighted by atomic mass is 16.6. The van der Waals surface area contributed by atoms with Crippen LogP contribution in [-0.4, -0.2) is 69.9 Å². The zero-order valence-corrected chi connectivity index (χ0v) is 22.4. The second-order valence-corrected chi connectivity index (χ2v) is 9.63. The minimum atomic E-state index is -1.17. The Morgan fingerprint density at radius 3 is 2.35 bits per heavy atom. The van der Waals surface area contributed by atoms with E-state index in [0.717, 1.165) is 6.07 Å². The van der Waals surface area contributed by atoms with E-state index in [1.807, 2.05) is 5.43 Å². The number of hydrogen-bond donors (Lipinski definition) is 6. The van der Waals surface area contributed by atoms with Gasteiger partial charge in [0.1, 0.15) is 23.8 Å². The second-order valence-electron chi connectivity index (χ2n) is 9.63. The van der Waals surface area contributed by atoms with E-state index in [-0.39, 0.29) is 30.6 Å². The van der Waals surface area contributed by atoms with Gasteiger partial charge in [-0.3, -0.25) is 44.3 Å². The molecule has 6 amide bonds. The normalized spacial score (nSPS) is 16.0. The molecule has 0 aromatic heterocycles.